The van der Waals surface area contributed by atoms with E-state index in [0.29, 0.717) is 18.0 Å². The standard InChI is InChI=1S/C15H20FN3O2/c1-11(2)8-18-9-12-4-3-5-13(16)15(12)21-10-14(20)19-7-6-17/h3-5,11,18H,7-10H2,1-2H3,(H,19,20). The van der Waals surface area contributed by atoms with E-state index in [0.717, 1.165) is 6.54 Å². The number of hydrogen-bond donors (Lipinski definition) is 2. The summed E-state index contributed by atoms with van der Waals surface area (Å²) in [5.74, 6) is -0.409. The van der Waals surface area contributed by atoms with Crippen molar-refractivity contribution in [3.8, 4) is 11.8 Å². The molecule has 0 aliphatic heterocycles. The van der Waals surface area contributed by atoms with Crippen molar-refractivity contribution < 1.29 is 13.9 Å². The van der Waals surface area contributed by atoms with E-state index in [1.165, 1.54) is 6.07 Å². The first-order valence-electron chi connectivity index (χ1n) is 6.79. The molecule has 21 heavy (non-hydrogen) atoms. The second-order valence-electron chi connectivity index (χ2n) is 4.98. The maximum atomic E-state index is 13.8. The molecule has 0 spiro atoms. The summed E-state index contributed by atoms with van der Waals surface area (Å²) in [6.07, 6.45) is 0. The van der Waals surface area contributed by atoms with Gasteiger partial charge in [-0.3, -0.25) is 4.79 Å². The second-order valence-corrected chi connectivity index (χ2v) is 4.98. The van der Waals surface area contributed by atoms with Crippen molar-refractivity contribution in [3.63, 3.8) is 0 Å². The van der Waals surface area contributed by atoms with Crippen LogP contribution in [0.1, 0.15) is 19.4 Å². The number of carbonyl (C=O) groups is 1. The Morgan fingerprint density at radius 3 is 2.90 bits per heavy atom. The number of benzene rings is 1. The molecule has 0 fully saturated rings. The number of nitriles is 1. The molecule has 0 heterocycles. The van der Waals surface area contributed by atoms with Gasteiger partial charge in [-0.25, -0.2) is 4.39 Å². The minimum Gasteiger partial charge on any atom is -0.480 e. The first-order chi connectivity index (χ1) is 10.0. The molecular weight excluding hydrogens is 273 g/mol. The van der Waals surface area contributed by atoms with E-state index in [4.69, 9.17) is 10.00 Å². The van der Waals surface area contributed by atoms with Crippen LogP contribution in [0.5, 0.6) is 5.75 Å². The van der Waals surface area contributed by atoms with Crippen LogP contribution in [-0.4, -0.2) is 25.6 Å². The van der Waals surface area contributed by atoms with Crippen molar-refractivity contribution in [1.29, 1.82) is 5.26 Å². The first kappa shape index (κ1) is 16.9. The molecule has 0 bridgehead atoms. The largest absolute Gasteiger partial charge is 0.480 e. The summed E-state index contributed by atoms with van der Waals surface area (Å²) in [6, 6.07) is 6.42. The van der Waals surface area contributed by atoms with Crippen LogP contribution >= 0.6 is 0 Å². The molecule has 5 nitrogen and oxygen atoms in total. The molecule has 1 aromatic rings. The van der Waals surface area contributed by atoms with E-state index in [2.05, 4.69) is 24.5 Å². The van der Waals surface area contributed by atoms with Crippen molar-refractivity contribution in [2.24, 2.45) is 5.92 Å². The Labute approximate surface area is 124 Å². The Kier molecular flexibility index (Phi) is 7.19. The number of para-hydroxylation sites is 1. The molecule has 114 valence electrons. The van der Waals surface area contributed by atoms with Crippen molar-refractivity contribution in [3.05, 3.63) is 29.6 Å². The zero-order valence-corrected chi connectivity index (χ0v) is 12.3. The van der Waals surface area contributed by atoms with E-state index < -0.39 is 11.7 Å². The lowest BCUT2D eigenvalue weighted by Gasteiger charge is -2.13. The maximum Gasteiger partial charge on any atom is 0.258 e. The summed E-state index contributed by atoms with van der Waals surface area (Å²) in [4.78, 5) is 11.4. The van der Waals surface area contributed by atoms with Gasteiger partial charge in [-0.05, 0) is 18.5 Å². The van der Waals surface area contributed by atoms with E-state index in [1.54, 1.807) is 18.2 Å². The molecule has 0 aromatic heterocycles. The molecule has 0 saturated heterocycles. The monoisotopic (exact) mass is 293 g/mol. The highest BCUT2D eigenvalue weighted by Gasteiger charge is 2.11. The van der Waals surface area contributed by atoms with Crippen molar-refractivity contribution in [1.82, 2.24) is 10.6 Å². The van der Waals surface area contributed by atoms with Crippen LogP contribution in [0.2, 0.25) is 0 Å². The summed E-state index contributed by atoms with van der Waals surface area (Å²) >= 11 is 0. The predicted octanol–water partition coefficient (Wildman–Crippen LogP) is 1.59. The third-order valence-electron chi connectivity index (χ3n) is 2.63. The molecule has 0 atom stereocenters. The fourth-order valence-corrected chi connectivity index (χ4v) is 1.68. The van der Waals surface area contributed by atoms with Gasteiger partial charge in [-0.2, -0.15) is 5.26 Å². The minimum absolute atomic E-state index is 0.0702. The molecule has 0 aliphatic carbocycles. The predicted molar refractivity (Wildman–Crippen MR) is 77.1 cm³/mol. The number of nitrogens with one attached hydrogen (secondary N) is 2. The quantitative estimate of drug-likeness (QED) is 0.714. The molecule has 1 rings (SSSR count). The topological polar surface area (TPSA) is 74.2 Å². The van der Waals surface area contributed by atoms with Gasteiger partial charge in [0.15, 0.2) is 18.2 Å². The number of rotatable bonds is 8. The van der Waals surface area contributed by atoms with E-state index >= 15 is 0 Å². The lowest BCUT2D eigenvalue weighted by molar-refractivity contribution is -0.122. The Morgan fingerprint density at radius 2 is 2.24 bits per heavy atom. The number of carbonyl (C=O) groups excluding carboxylic acids is 1. The fourth-order valence-electron chi connectivity index (χ4n) is 1.68. The van der Waals surface area contributed by atoms with Gasteiger partial charge in [0.05, 0.1) is 6.07 Å². The van der Waals surface area contributed by atoms with Crippen LogP contribution in [-0.2, 0) is 11.3 Å². The Morgan fingerprint density at radius 1 is 1.48 bits per heavy atom. The number of hydrogen-bond acceptors (Lipinski definition) is 4. The summed E-state index contributed by atoms with van der Waals surface area (Å²) in [6.45, 7) is 5.01. The fraction of sp³-hybridized carbons (Fsp3) is 0.467. The van der Waals surface area contributed by atoms with Crippen LogP contribution in [0, 0.1) is 23.1 Å². The molecular formula is C15H20FN3O2. The van der Waals surface area contributed by atoms with Crippen LogP contribution in [0.4, 0.5) is 4.39 Å². The molecule has 1 aromatic carbocycles. The number of ether oxygens (including phenoxy) is 1. The lowest BCUT2D eigenvalue weighted by Crippen LogP contribution is -2.29. The zero-order valence-electron chi connectivity index (χ0n) is 12.3. The highest BCUT2D eigenvalue weighted by molar-refractivity contribution is 5.77. The number of amides is 1. The van der Waals surface area contributed by atoms with Gasteiger partial charge < -0.3 is 15.4 Å². The summed E-state index contributed by atoms with van der Waals surface area (Å²) < 4.78 is 19.0. The van der Waals surface area contributed by atoms with Crippen molar-refractivity contribution in [2.75, 3.05) is 19.7 Å². The average Bonchev–Trinajstić information content (AvgIpc) is 2.44. The SMILES string of the molecule is CC(C)CNCc1cccc(F)c1OCC(=O)NCC#N. The van der Waals surface area contributed by atoms with E-state index in [9.17, 15) is 9.18 Å². The molecule has 1 amide bonds. The Bertz CT molecular complexity index is 512. The normalized spacial score (nSPS) is 10.2. The molecule has 0 radical (unpaired) electrons. The highest BCUT2D eigenvalue weighted by Crippen LogP contribution is 2.22. The summed E-state index contributed by atoms with van der Waals surface area (Å²) in [7, 11) is 0. The highest BCUT2D eigenvalue weighted by atomic mass is 19.1. The molecule has 0 saturated carbocycles. The molecule has 2 N–H and O–H groups in total. The van der Waals surface area contributed by atoms with Crippen LogP contribution in [0.3, 0.4) is 0 Å². The van der Waals surface area contributed by atoms with Gasteiger partial charge in [-0.15, -0.1) is 0 Å². The van der Waals surface area contributed by atoms with Gasteiger partial charge in [0, 0.05) is 12.1 Å². The minimum atomic E-state index is -0.507. The third kappa shape index (κ3) is 6.23. The zero-order chi connectivity index (χ0) is 15.7. The van der Waals surface area contributed by atoms with Crippen LogP contribution in [0.15, 0.2) is 18.2 Å². The maximum absolute atomic E-state index is 13.8. The smallest absolute Gasteiger partial charge is 0.258 e. The summed E-state index contributed by atoms with van der Waals surface area (Å²) in [5, 5.41) is 13.9. The average molecular weight is 293 g/mol. The van der Waals surface area contributed by atoms with Crippen LogP contribution < -0.4 is 15.4 Å². The molecule has 0 unspecified atom stereocenters. The first-order valence-corrected chi connectivity index (χ1v) is 6.79. The van der Waals surface area contributed by atoms with Gasteiger partial charge in [0.2, 0.25) is 0 Å². The summed E-state index contributed by atoms with van der Waals surface area (Å²) in [5.41, 5.74) is 0.656. The van der Waals surface area contributed by atoms with Gasteiger partial charge in [-0.1, -0.05) is 26.0 Å². The second kappa shape index (κ2) is 8.93. The van der Waals surface area contributed by atoms with Crippen molar-refractivity contribution in [2.45, 2.75) is 20.4 Å². The Hall–Kier alpha value is -2.13. The van der Waals surface area contributed by atoms with Gasteiger partial charge in [0.1, 0.15) is 6.54 Å². The third-order valence-corrected chi connectivity index (χ3v) is 2.63. The molecule has 0 aliphatic rings. The van der Waals surface area contributed by atoms with Crippen LogP contribution in [0.25, 0.3) is 0 Å². The number of halogens is 1. The number of nitrogens with zero attached hydrogens (tertiary/aromatic N) is 1. The Balaban J connectivity index is 2.63. The molecule has 6 heteroatoms. The van der Waals surface area contributed by atoms with E-state index in [1.807, 2.05) is 0 Å². The van der Waals surface area contributed by atoms with E-state index in [-0.39, 0.29) is 18.9 Å². The van der Waals surface area contributed by atoms with Crippen molar-refractivity contribution >= 4 is 5.91 Å². The van der Waals surface area contributed by atoms with Gasteiger partial charge >= 0.3 is 0 Å². The van der Waals surface area contributed by atoms with Gasteiger partial charge in [0.25, 0.3) is 5.91 Å². The lowest BCUT2D eigenvalue weighted by atomic mass is 10.1.